The zero-order valence-electron chi connectivity index (χ0n) is 19.4. The largest absolute Gasteiger partial charge is 0.379 e. The van der Waals surface area contributed by atoms with E-state index in [1.165, 1.54) is 11.1 Å². The van der Waals surface area contributed by atoms with Gasteiger partial charge in [0.1, 0.15) is 0 Å². The van der Waals surface area contributed by atoms with Crippen molar-refractivity contribution in [2.75, 3.05) is 56.2 Å². The summed E-state index contributed by atoms with van der Waals surface area (Å²) in [4.78, 5) is 29.8. The van der Waals surface area contributed by atoms with E-state index in [0.29, 0.717) is 24.2 Å². The van der Waals surface area contributed by atoms with Crippen molar-refractivity contribution < 1.29 is 14.3 Å². The van der Waals surface area contributed by atoms with Crippen LogP contribution in [0.3, 0.4) is 0 Å². The van der Waals surface area contributed by atoms with Gasteiger partial charge in [-0.3, -0.25) is 14.5 Å². The third-order valence-corrected chi connectivity index (χ3v) is 6.36. The number of morpholine rings is 1. The molecule has 0 aliphatic carbocycles. The van der Waals surface area contributed by atoms with Gasteiger partial charge in [-0.1, -0.05) is 31.2 Å². The van der Waals surface area contributed by atoms with Crippen molar-refractivity contribution in [3.8, 4) is 0 Å². The average Bonchev–Trinajstić information content (AvgIpc) is 2.86. The van der Waals surface area contributed by atoms with Gasteiger partial charge in [0.25, 0.3) is 5.91 Å². The quantitative estimate of drug-likeness (QED) is 0.605. The molecule has 2 heterocycles. The molecule has 2 aliphatic rings. The Labute approximate surface area is 196 Å². The van der Waals surface area contributed by atoms with Crippen LogP contribution >= 0.6 is 0 Å². The summed E-state index contributed by atoms with van der Waals surface area (Å²) in [5.41, 5.74) is 4.83. The lowest BCUT2D eigenvalue weighted by Gasteiger charge is -2.32. The van der Waals surface area contributed by atoms with E-state index < -0.39 is 0 Å². The van der Waals surface area contributed by atoms with Gasteiger partial charge in [0.15, 0.2) is 0 Å². The minimum absolute atomic E-state index is 0.0634. The number of nitrogens with zero attached hydrogens (tertiary/aromatic N) is 2. The van der Waals surface area contributed by atoms with Gasteiger partial charge < -0.3 is 20.3 Å². The Kier molecular flexibility index (Phi) is 7.96. The van der Waals surface area contributed by atoms with Gasteiger partial charge in [-0.2, -0.15) is 0 Å². The highest BCUT2D eigenvalue weighted by atomic mass is 16.5. The number of rotatable bonds is 8. The number of carbonyl (C=O) groups is 2. The molecule has 0 spiro atoms. The molecular weight excluding hydrogens is 416 g/mol. The Balaban J connectivity index is 1.46. The maximum absolute atomic E-state index is 13.2. The predicted octanol–water partition coefficient (Wildman–Crippen LogP) is 3.05. The molecule has 2 aromatic rings. The smallest absolute Gasteiger partial charge is 0.253 e. The summed E-state index contributed by atoms with van der Waals surface area (Å²) < 4.78 is 5.40. The molecule has 1 saturated heterocycles. The number of amides is 2. The van der Waals surface area contributed by atoms with Crippen LogP contribution in [0.4, 0.5) is 11.4 Å². The standard InChI is InChI=1S/C26H34N4O3/c1-2-25(31)28-22-8-9-24(30-13-10-20-6-3-4-7-21(20)19-30)23(18-22)26(32)27-11-5-12-29-14-16-33-17-15-29/h3-4,6-9,18H,2,5,10-17,19H2,1H3,(H,27,32)(H,28,31). The SMILES string of the molecule is CCC(=O)Nc1ccc(N2CCc3ccccc3C2)c(C(=O)NCCCN2CCOCC2)c1. The van der Waals surface area contributed by atoms with E-state index in [-0.39, 0.29) is 11.8 Å². The molecule has 7 heteroatoms. The van der Waals surface area contributed by atoms with Crippen LogP contribution in [-0.4, -0.2) is 62.7 Å². The molecule has 0 aromatic heterocycles. The highest BCUT2D eigenvalue weighted by Crippen LogP contribution is 2.29. The van der Waals surface area contributed by atoms with Crippen molar-refractivity contribution >= 4 is 23.2 Å². The van der Waals surface area contributed by atoms with Crippen LogP contribution in [0, 0.1) is 0 Å². The third-order valence-electron chi connectivity index (χ3n) is 6.36. The second-order valence-electron chi connectivity index (χ2n) is 8.64. The second-order valence-corrected chi connectivity index (χ2v) is 8.64. The topological polar surface area (TPSA) is 73.9 Å². The molecule has 2 aliphatic heterocycles. The van der Waals surface area contributed by atoms with Crippen LogP contribution in [0.2, 0.25) is 0 Å². The second kappa shape index (κ2) is 11.3. The summed E-state index contributed by atoms with van der Waals surface area (Å²) in [5.74, 6) is -0.162. The molecule has 4 rings (SSSR count). The molecule has 0 atom stereocenters. The fourth-order valence-corrected chi connectivity index (χ4v) is 4.45. The Morgan fingerprint density at radius 1 is 1.03 bits per heavy atom. The van der Waals surface area contributed by atoms with Crippen LogP contribution in [-0.2, 0) is 22.5 Å². The summed E-state index contributed by atoms with van der Waals surface area (Å²) in [6.45, 7) is 8.48. The Bertz CT molecular complexity index is 972. The van der Waals surface area contributed by atoms with Crippen LogP contribution in [0.25, 0.3) is 0 Å². The zero-order chi connectivity index (χ0) is 23.0. The molecule has 2 N–H and O–H groups in total. The first-order valence-corrected chi connectivity index (χ1v) is 12.0. The minimum atomic E-state index is -0.0987. The maximum atomic E-state index is 13.2. The van der Waals surface area contributed by atoms with E-state index in [9.17, 15) is 9.59 Å². The third kappa shape index (κ3) is 6.12. The van der Waals surface area contributed by atoms with Crippen LogP contribution < -0.4 is 15.5 Å². The van der Waals surface area contributed by atoms with Crippen LogP contribution in [0.5, 0.6) is 0 Å². The Morgan fingerprint density at radius 2 is 1.82 bits per heavy atom. The summed E-state index contributed by atoms with van der Waals surface area (Å²) in [6.07, 6.45) is 2.24. The highest BCUT2D eigenvalue weighted by molar-refractivity contribution is 6.02. The number of anilines is 2. The van der Waals surface area contributed by atoms with E-state index in [0.717, 1.165) is 64.5 Å². The summed E-state index contributed by atoms with van der Waals surface area (Å²) >= 11 is 0. The highest BCUT2D eigenvalue weighted by Gasteiger charge is 2.22. The first-order valence-electron chi connectivity index (χ1n) is 12.0. The van der Waals surface area contributed by atoms with E-state index >= 15 is 0 Å². The predicted molar refractivity (Wildman–Crippen MR) is 131 cm³/mol. The number of ether oxygens (including phenoxy) is 1. The monoisotopic (exact) mass is 450 g/mol. The summed E-state index contributed by atoms with van der Waals surface area (Å²) in [5, 5.41) is 5.98. The van der Waals surface area contributed by atoms with Gasteiger partial charge in [0, 0.05) is 50.5 Å². The van der Waals surface area contributed by atoms with Crippen molar-refractivity contribution in [1.82, 2.24) is 10.2 Å². The fraction of sp³-hybridized carbons (Fsp3) is 0.462. The van der Waals surface area contributed by atoms with E-state index in [1.54, 1.807) is 6.07 Å². The molecule has 7 nitrogen and oxygen atoms in total. The lowest BCUT2D eigenvalue weighted by molar-refractivity contribution is -0.115. The number of hydrogen-bond acceptors (Lipinski definition) is 5. The maximum Gasteiger partial charge on any atom is 0.253 e. The molecule has 176 valence electrons. The number of hydrogen-bond donors (Lipinski definition) is 2. The lowest BCUT2D eigenvalue weighted by Crippen LogP contribution is -2.38. The van der Waals surface area contributed by atoms with Gasteiger partial charge in [0.05, 0.1) is 18.8 Å². The van der Waals surface area contributed by atoms with Gasteiger partial charge >= 0.3 is 0 Å². The van der Waals surface area contributed by atoms with Crippen LogP contribution in [0.15, 0.2) is 42.5 Å². The van der Waals surface area contributed by atoms with Gasteiger partial charge in [-0.05, 0) is 48.7 Å². The zero-order valence-corrected chi connectivity index (χ0v) is 19.4. The van der Waals surface area contributed by atoms with Crippen molar-refractivity contribution in [2.24, 2.45) is 0 Å². The average molecular weight is 451 g/mol. The number of fused-ring (bicyclic) bond motifs is 1. The minimum Gasteiger partial charge on any atom is -0.379 e. The first-order chi connectivity index (χ1) is 16.1. The summed E-state index contributed by atoms with van der Waals surface area (Å²) in [6, 6.07) is 14.1. The van der Waals surface area contributed by atoms with E-state index in [1.807, 2.05) is 19.1 Å². The van der Waals surface area contributed by atoms with E-state index in [4.69, 9.17) is 4.74 Å². The van der Waals surface area contributed by atoms with Crippen molar-refractivity contribution in [3.05, 3.63) is 59.2 Å². The summed E-state index contributed by atoms with van der Waals surface area (Å²) in [7, 11) is 0. The van der Waals surface area contributed by atoms with Crippen LogP contribution in [0.1, 0.15) is 41.3 Å². The fourth-order valence-electron chi connectivity index (χ4n) is 4.45. The molecule has 2 amide bonds. The number of benzene rings is 2. The Morgan fingerprint density at radius 3 is 2.61 bits per heavy atom. The Hall–Kier alpha value is -2.90. The molecule has 0 saturated carbocycles. The normalized spacial score (nSPS) is 16.2. The van der Waals surface area contributed by atoms with Gasteiger partial charge in [0.2, 0.25) is 5.91 Å². The van der Waals surface area contributed by atoms with Crippen molar-refractivity contribution in [2.45, 2.75) is 32.7 Å². The van der Waals surface area contributed by atoms with Crippen molar-refractivity contribution in [1.29, 1.82) is 0 Å². The molecule has 2 aromatic carbocycles. The van der Waals surface area contributed by atoms with Gasteiger partial charge in [-0.15, -0.1) is 0 Å². The first kappa shape index (κ1) is 23.3. The molecule has 0 unspecified atom stereocenters. The number of nitrogens with one attached hydrogen (secondary N) is 2. The van der Waals surface area contributed by atoms with Crippen molar-refractivity contribution in [3.63, 3.8) is 0 Å². The molecule has 33 heavy (non-hydrogen) atoms. The van der Waals surface area contributed by atoms with E-state index in [2.05, 4.69) is 44.7 Å². The lowest BCUT2D eigenvalue weighted by atomic mass is 9.98. The molecule has 0 radical (unpaired) electrons. The van der Waals surface area contributed by atoms with Gasteiger partial charge in [-0.25, -0.2) is 0 Å². The molecular formula is C26H34N4O3. The molecule has 1 fully saturated rings. The number of carbonyl (C=O) groups excluding carboxylic acids is 2. The molecule has 0 bridgehead atoms.